The van der Waals surface area contributed by atoms with E-state index in [0.717, 1.165) is 32.1 Å². The van der Waals surface area contributed by atoms with Crippen LogP contribution < -0.4 is 0 Å². The third kappa shape index (κ3) is 3.44. The highest BCUT2D eigenvalue weighted by Crippen LogP contribution is 2.36. The highest BCUT2D eigenvalue weighted by molar-refractivity contribution is 5.78. The summed E-state index contributed by atoms with van der Waals surface area (Å²) in [4.78, 5) is 11.4. The Morgan fingerprint density at radius 1 is 1.29 bits per heavy atom. The molecule has 0 spiro atoms. The summed E-state index contributed by atoms with van der Waals surface area (Å²) in [7, 11) is 0. The number of nitriles is 2. The van der Waals surface area contributed by atoms with Crippen LogP contribution in [0.5, 0.6) is 0 Å². The lowest BCUT2D eigenvalue weighted by Gasteiger charge is -2.34. The molecule has 0 aromatic heterocycles. The van der Waals surface area contributed by atoms with Gasteiger partial charge in [-0.2, -0.15) is 10.5 Å². The Morgan fingerprint density at radius 3 is 2.35 bits per heavy atom. The van der Waals surface area contributed by atoms with E-state index in [1.807, 2.05) is 0 Å². The zero-order valence-electron chi connectivity index (χ0n) is 9.69. The predicted octanol–water partition coefficient (Wildman–Crippen LogP) is 1.14. The van der Waals surface area contributed by atoms with Crippen LogP contribution in [0.15, 0.2) is 0 Å². The van der Waals surface area contributed by atoms with Crippen molar-refractivity contribution in [3.63, 3.8) is 0 Å². The summed E-state index contributed by atoms with van der Waals surface area (Å²) in [6.45, 7) is 0.0756. The van der Waals surface area contributed by atoms with Crippen molar-refractivity contribution in [3.05, 3.63) is 0 Å². The molecule has 0 bridgehead atoms. The molecule has 5 nitrogen and oxygen atoms in total. The molecule has 0 unspecified atom stereocenters. The third-order valence-electron chi connectivity index (χ3n) is 3.26. The van der Waals surface area contributed by atoms with Crippen molar-refractivity contribution >= 4 is 5.97 Å². The van der Waals surface area contributed by atoms with Gasteiger partial charge < -0.3 is 9.84 Å². The topological polar surface area (TPSA) is 94.1 Å². The molecular weight excluding hydrogens is 220 g/mol. The summed E-state index contributed by atoms with van der Waals surface area (Å²) in [5, 5.41) is 26.5. The van der Waals surface area contributed by atoms with Gasteiger partial charge in [-0.15, -0.1) is 0 Å². The molecule has 1 fully saturated rings. The van der Waals surface area contributed by atoms with Gasteiger partial charge in [0.1, 0.15) is 0 Å². The fraction of sp³-hybridized carbons (Fsp3) is 0.750. The minimum Gasteiger partial charge on any atom is -0.463 e. The third-order valence-corrected chi connectivity index (χ3v) is 3.26. The van der Waals surface area contributed by atoms with E-state index in [1.165, 1.54) is 0 Å². The Bertz CT molecular complexity index is 334. The highest BCUT2D eigenvalue weighted by Gasteiger charge is 2.33. The minimum absolute atomic E-state index is 0.0238. The van der Waals surface area contributed by atoms with Crippen LogP contribution in [0.2, 0.25) is 0 Å². The van der Waals surface area contributed by atoms with Crippen LogP contribution in [0.25, 0.3) is 0 Å². The lowest BCUT2D eigenvalue weighted by molar-refractivity contribution is -0.150. The van der Waals surface area contributed by atoms with Gasteiger partial charge in [-0.3, -0.25) is 0 Å². The summed E-state index contributed by atoms with van der Waals surface area (Å²) < 4.78 is 4.98. The standard InChI is InChI=1S/C12H16N2O3/c13-6-10(7-14)11(16)17-9-12(8-15)4-2-1-3-5-12/h10,15H,1-5,8-9H2. The second-order valence-corrected chi connectivity index (χ2v) is 4.52. The molecule has 1 saturated carbocycles. The summed E-state index contributed by atoms with van der Waals surface area (Å²) in [5.74, 6) is -2.18. The van der Waals surface area contributed by atoms with Crippen LogP contribution in [0.4, 0.5) is 0 Å². The quantitative estimate of drug-likeness (QED) is 0.738. The average Bonchev–Trinajstić information content (AvgIpc) is 2.39. The van der Waals surface area contributed by atoms with Crippen LogP contribution >= 0.6 is 0 Å². The van der Waals surface area contributed by atoms with Crippen molar-refractivity contribution in [1.29, 1.82) is 10.5 Å². The maximum absolute atomic E-state index is 11.4. The van der Waals surface area contributed by atoms with Crippen LogP contribution in [0.1, 0.15) is 32.1 Å². The Kier molecular flexibility index (Phi) is 4.93. The number of hydrogen-bond acceptors (Lipinski definition) is 5. The van der Waals surface area contributed by atoms with Crippen molar-refractivity contribution in [1.82, 2.24) is 0 Å². The molecule has 1 N–H and O–H groups in total. The largest absolute Gasteiger partial charge is 0.463 e. The summed E-state index contributed by atoms with van der Waals surface area (Å²) in [5.41, 5.74) is -0.372. The van der Waals surface area contributed by atoms with E-state index in [0.29, 0.717) is 0 Å². The lowest BCUT2D eigenvalue weighted by Crippen LogP contribution is -2.35. The minimum atomic E-state index is -1.37. The molecule has 0 aromatic rings. The molecule has 0 saturated heterocycles. The van der Waals surface area contributed by atoms with E-state index in [9.17, 15) is 9.90 Å². The number of rotatable bonds is 4. The molecule has 1 aliphatic rings. The SMILES string of the molecule is N#CC(C#N)C(=O)OCC1(CO)CCCCC1. The van der Waals surface area contributed by atoms with Gasteiger partial charge in [-0.1, -0.05) is 19.3 Å². The number of carbonyl (C=O) groups is 1. The molecule has 17 heavy (non-hydrogen) atoms. The van der Waals surface area contributed by atoms with Gasteiger partial charge in [-0.25, -0.2) is 4.79 Å². The van der Waals surface area contributed by atoms with Crippen molar-refractivity contribution in [2.45, 2.75) is 32.1 Å². The average molecular weight is 236 g/mol. The Balaban J connectivity index is 2.51. The molecule has 1 aliphatic carbocycles. The van der Waals surface area contributed by atoms with E-state index < -0.39 is 11.9 Å². The fourth-order valence-electron chi connectivity index (χ4n) is 2.09. The molecule has 5 heteroatoms. The van der Waals surface area contributed by atoms with E-state index in [-0.39, 0.29) is 18.6 Å². The van der Waals surface area contributed by atoms with E-state index in [2.05, 4.69) is 0 Å². The first-order valence-electron chi connectivity index (χ1n) is 5.74. The van der Waals surface area contributed by atoms with E-state index in [4.69, 9.17) is 15.3 Å². The van der Waals surface area contributed by atoms with Crippen LogP contribution in [0.3, 0.4) is 0 Å². The van der Waals surface area contributed by atoms with E-state index in [1.54, 1.807) is 12.1 Å². The van der Waals surface area contributed by atoms with Crippen molar-refractivity contribution in [2.24, 2.45) is 11.3 Å². The summed E-state index contributed by atoms with van der Waals surface area (Å²) >= 11 is 0. The van der Waals surface area contributed by atoms with Crippen molar-refractivity contribution in [2.75, 3.05) is 13.2 Å². The molecule has 92 valence electrons. The molecule has 0 radical (unpaired) electrons. The van der Waals surface area contributed by atoms with E-state index >= 15 is 0 Å². The Morgan fingerprint density at radius 2 is 1.88 bits per heavy atom. The maximum Gasteiger partial charge on any atom is 0.338 e. The Hall–Kier alpha value is -1.59. The molecule has 0 aromatic carbocycles. The van der Waals surface area contributed by atoms with Gasteiger partial charge in [-0.05, 0) is 12.8 Å². The number of aliphatic hydroxyl groups excluding tert-OH is 1. The molecule has 0 aliphatic heterocycles. The molecule has 0 amide bonds. The summed E-state index contributed by atoms with van der Waals surface area (Å²) in [6, 6.07) is 3.14. The number of hydrogen-bond donors (Lipinski definition) is 1. The monoisotopic (exact) mass is 236 g/mol. The summed E-state index contributed by atoms with van der Waals surface area (Å²) in [6.07, 6.45) is 4.80. The zero-order valence-corrected chi connectivity index (χ0v) is 9.69. The number of ether oxygens (including phenoxy) is 1. The number of esters is 1. The van der Waals surface area contributed by atoms with Crippen LogP contribution in [-0.4, -0.2) is 24.3 Å². The zero-order chi connectivity index (χ0) is 12.7. The first kappa shape index (κ1) is 13.5. The predicted molar refractivity (Wildman–Crippen MR) is 58.3 cm³/mol. The molecule has 1 rings (SSSR count). The number of aliphatic hydroxyl groups is 1. The Labute approximate surface area is 101 Å². The normalized spacial score (nSPS) is 18.1. The van der Waals surface area contributed by atoms with Crippen LogP contribution in [0, 0.1) is 34.0 Å². The fourth-order valence-corrected chi connectivity index (χ4v) is 2.09. The highest BCUT2D eigenvalue weighted by atomic mass is 16.5. The number of carbonyl (C=O) groups excluding carboxylic acids is 1. The van der Waals surface area contributed by atoms with Crippen LogP contribution in [-0.2, 0) is 9.53 Å². The first-order valence-corrected chi connectivity index (χ1v) is 5.74. The van der Waals surface area contributed by atoms with Gasteiger partial charge in [0.25, 0.3) is 0 Å². The van der Waals surface area contributed by atoms with Gasteiger partial charge in [0.2, 0.25) is 5.92 Å². The smallest absolute Gasteiger partial charge is 0.338 e. The maximum atomic E-state index is 11.4. The molecule has 0 atom stereocenters. The molecular formula is C12H16N2O3. The van der Waals surface area contributed by atoms with Gasteiger partial charge >= 0.3 is 5.97 Å². The first-order chi connectivity index (χ1) is 8.17. The second-order valence-electron chi connectivity index (χ2n) is 4.52. The van der Waals surface area contributed by atoms with Gasteiger partial charge in [0.15, 0.2) is 0 Å². The van der Waals surface area contributed by atoms with Gasteiger partial charge in [0.05, 0.1) is 25.4 Å². The van der Waals surface area contributed by atoms with Gasteiger partial charge in [0, 0.05) is 5.41 Å². The van der Waals surface area contributed by atoms with Crippen molar-refractivity contribution in [3.8, 4) is 12.1 Å². The van der Waals surface area contributed by atoms with Crippen molar-refractivity contribution < 1.29 is 14.6 Å². The lowest BCUT2D eigenvalue weighted by atomic mass is 9.75. The second kappa shape index (κ2) is 6.22. The molecule has 0 heterocycles. The number of nitrogens with zero attached hydrogens (tertiary/aromatic N) is 2.